The molecule has 1 heterocycles. The third kappa shape index (κ3) is 3.19. The first kappa shape index (κ1) is 11.9. The molecule has 1 aliphatic carbocycles. The van der Waals surface area contributed by atoms with E-state index in [9.17, 15) is 4.79 Å². The summed E-state index contributed by atoms with van der Waals surface area (Å²) in [5.41, 5.74) is 5.81. The summed E-state index contributed by atoms with van der Waals surface area (Å²) in [5.74, 6) is 0.209. The summed E-state index contributed by atoms with van der Waals surface area (Å²) < 4.78 is 0. The number of nitrogens with zero attached hydrogens (tertiary/aromatic N) is 1. The second-order valence-corrected chi connectivity index (χ2v) is 4.60. The van der Waals surface area contributed by atoms with Crippen LogP contribution in [-0.2, 0) is 0 Å². The van der Waals surface area contributed by atoms with Crippen LogP contribution >= 0.6 is 0 Å². The van der Waals surface area contributed by atoms with E-state index in [2.05, 4.69) is 10.3 Å². The average molecular weight is 233 g/mol. The lowest BCUT2D eigenvalue weighted by Crippen LogP contribution is -2.22. The minimum absolute atomic E-state index is 0.422. The van der Waals surface area contributed by atoms with Crippen molar-refractivity contribution in [1.29, 1.82) is 0 Å². The van der Waals surface area contributed by atoms with Crippen molar-refractivity contribution in [3.8, 4) is 0 Å². The maximum absolute atomic E-state index is 11.3. The van der Waals surface area contributed by atoms with Gasteiger partial charge in [0.25, 0.3) is 5.91 Å². The number of pyridine rings is 1. The zero-order valence-electron chi connectivity index (χ0n) is 9.98. The predicted molar refractivity (Wildman–Crippen MR) is 67.9 cm³/mol. The van der Waals surface area contributed by atoms with Crippen molar-refractivity contribution in [2.45, 2.75) is 44.6 Å². The normalized spacial score (nSPS) is 17.4. The van der Waals surface area contributed by atoms with E-state index in [1.54, 1.807) is 18.3 Å². The summed E-state index contributed by atoms with van der Waals surface area (Å²) in [7, 11) is 0. The molecule has 3 N–H and O–H groups in total. The summed E-state index contributed by atoms with van der Waals surface area (Å²) >= 11 is 0. The molecule has 1 aromatic heterocycles. The Labute approximate surface area is 102 Å². The molecule has 1 aromatic rings. The van der Waals surface area contributed by atoms with Gasteiger partial charge in [0.05, 0.1) is 5.56 Å². The van der Waals surface area contributed by atoms with Crippen LogP contribution in [0.4, 0.5) is 5.82 Å². The first-order chi connectivity index (χ1) is 8.27. The lowest BCUT2D eigenvalue weighted by Gasteiger charge is -2.18. The van der Waals surface area contributed by atoms with Crippen LogP contribution in [0.3, 0.4) is 0 Å². The highest BCUT2D eigenvalue weighted by Gasteiger charge is 2.15. The van der Waals surface area contributed by atoms with Crippen LogP contribution in [0.1, 0.15) is 48.9 Å². The monoisotopic (exact) mass is 233 g/mol. The van der Waals surface area contributed by atoms with E-state index in [0.29, 0.717) is 17.4 Å². The van der Waals surface area contributed by atoms with Crippen LogP contribution < -0.4 is 11.1 Å². The van der Waals surface area contributed by atoms with Crippen LogP contribution in [0.25, 0.3) is 0 Å². The zero-order valence-corrected chi connectivity index (χ0v) is 9.98. The summed E-state index contributed by atoms with van der Waals surface area (Å²) in [6, 6.07) is 3.87. The van der Waals surface area contributed by atoms with E-state index in [4.69, 9.17) is 5.73 Å². The number of nitrogens with one attached hydrogen (secondary N) is 1. The molecule has 2 rings (SSSR count). The van der Waals surface area contributed by atoms with Crippen molar-refractivity contribution in [2.24, 2.45) is 5.73 Å². The Morgan fingerprint density at radius 2 is 2.00 bits per heavy atom. The second-order valence-electron chi connectivity index (χ2n) is 4.60. The summed E-state index contributed by atoms with van der Waals surface area (Å²) in [4.78, 5) is 15.5. The van der Waals surface area contributed by atoms with Gasteiger partial charge in [0.2, 0.25) is 0 Å². The number of primary amides is 1. The van der Waals surface area contributed by atoms with Crippen LogP contribution in [-0.4, -0.2) is 16.9 Å². The Hall–Kier alpha value is -1.58. The number of carbonyl (C=O) groups excluding carboxylic acids is 1. The van der Waals surface area contributed by atoms with E-state index >= 15 is 0 Å². The Bertz CT molecular complexity index is 384. The van der Waals surface area contributed by atoms with E-state index in [1.165, 1.54) is 25.7 Å². The van der Waals surface area contributed by atoms with Gasteiger partial charge in [-0.2, -0.15) is 0 Å². The number of aromatic nitrogens is 1. The van der Waals surface area contributed by atoms with Crippen molar-refractivity contribution in [1.82, 2.24) is 4.98 Å². The Kier molecular flexibility index (Phi) is 3.96. The minimum Gasteiger partial charge on any atom is -0.367 e. The van der Waals surface area contributed by atoms with Gasteiger partial charge in [-0.15, -0.1) is 0 Å². The lowest BCUT2D eigenvalue weighted by molar-refractivity contribution is 0.100. The molecular weight excluding hydrogens is 214 g/mol. The molecule has 0 unspecified atom stereocenters. The fraction of sp³-hybridized carbons (Fsp3) is 0.538. The quantitative estimate of drug-likeness (QED) is 0.787. The fourth-order valence-electron chi connectivity index (χ4n) is 2.34. The number of anilines is 1. The lowest BCUT2D eigenvalue weighted by atomic mass is 10.1. The fourth-order valence-corrected chi connectivity index (χ4v) is 2.34. The van der Waals surface area contributed by atoms with Crippen LogP contribution in [0.5, 0.6) is 0 Å². The third-order valence-corrected chi connectivity index (χ3v) is 3.27. The van der Waals surface area contributed by atoms with Gasteiger partial charge in [0.15, 0.2) is 0 Å². The van der Waals surface area contributed by atoms with Crippen LogP contribution in [0.15, 0.2) is 18.3 Å². The molecule has 0 saturated heterocycles. The van der Waals surface area contributed by atoms with Gasteiger partial charge < -0.3 is 11.1 Å². The van der Waals surface area contributed by atoms with Crippen molar-refractivity contribution in [3.63, 3.8) is 0 Å². The second kappa shape index (κ2) is 5.66. The minimum atomic E-state index is -0.422. The number of amides is 1. The molecule has 1 fully saturated rings. The van der Waals surface area contributed by atoms with E-state index in [0.717, 1.165) is 12.8 Å². The first-order valence-corrected chi connectivity index (χ1v) is 6.29. The summed E-state index contributed by atoms with van der Waals surface area (Å²) in [6.45, 7) is 0. The molecule has 17 heavy (non-hydrogen) atoms. The molecule has 1 amide bonds. The van der Waals surface area contributed by atoms with Gasteiger partial charge in [-0.1, -0.05) is 25.7 Å². The molecule has 0 spiro atoms. The third-order valence-electron chi connectivity index (χ3n) is 3.27. The van der Waals surface area contributed by atoms with Gasteiger partial charge in [0.1, 0.15) is 5.82 Å². The summed E-state index contributed by atoms with van der Waals surface area (Å²) in [5, 5.41) is 3.36. The van der Waals surface area contributed by atoms with Crippen molar-refractivity contribution >= 4 is 11.7 Å². The molecule has 1 aliphatic rings. The number of hydrogen-bond donors (Lipinski definition) is 2. The van der Waals surface area contributed by atoms with Crippen LogP contribution in [0.2, 0.25) is 0 Å². The standard InChI is InChI=1S/C13H19N3O/c14-12(17)11-8-5-9-15-13(11)16-10-6-3-1-2-4-7-10/h5,8-10H,1-4,6-7H2,(H2,14,17)(H,15,16). The van der Waals surface area contributed by atoms with Gasteiger partial charge in [-0.25, -0.2) is 4.98 Å². The maximum Gasteiger partial charge on any atom is 0.252 e. The van der Waals surface area contributed by atoms with Gasteiger partial charge in [-0.3, -0.25) is 4.79 Å². The van der Waals surface area contributed by atoms with Gasteiger partial charge in [-0.05, 0) is 25.0 Å². The molecule has 0 aliphatic heterocycles. The molecule has 0 radical (unpaired) electrons. The van der Waals surface area contributed by atoms with E-state index in [1.807, 2.05) is 0 Å². The van der Waals surface area contributed by atoms with Gasteiger partial charge in [0, 0.05) is 12.2 Å². The summed E-state index contributed by atoms with van der Waals surface area (Å²) in [6.07, 6.45) is 9.09. The highest BCUT2D eigenvalue weighted by Crippen LogP contribution is 2.21. The molecule has 0 atom stereocenters. The topological polar surface area (TPSA) is 68.0 Å². The number of carbonyl (C=O) groups is 1. The average Bonchev–Trinajstić information content (AvgIpc) is 2.58. The maximum atomic E-state index is 11.3. The molecule has 4 heteroatoms. The highest BCUT2D eigenvalue weighted by atomic mass is 16.1. The van der Waals surface area contributed by atoms with E-state index in [-0.39, 0.29) is 0 Å². The molecule has 1 saturated carbocycles. The van der Waals surface area contributed by atoms with Crippen molar-refractivity contribution in [2.75, 3.05) is 5.32 Å². The largest absolute Gasteiger partial charge is 0.367 e. The highest BCUT2D eigenvalue weighted by molar-refractivity contribution is 5.97. The van der Waals surface area contributed by atoms with Gasteiger partial charge >= 0.3 is 0 Å². The molecule has 92 valence electrons. The number of nitrogens with two attached hydrogens (primary N) is 1. The molecular formula is C13H19N3O. The number of rotatable bonds is 3. The first-order valence-electron chi connectivity index (χ1n) is 6.29. The SMILES string of the molecule is NC(=O)c1cccnc1NC1CCCCCC1. The predicted octanol–water partition coefficient (Wildman–Crippen LogP) is 2.32. The molecule has 4 nitrogen and oxygen atoms in total. The molecule has 0 bridgehead atoms. The Morgan fingerprint density at radius 3 is 2.65 bits per heavy atom. The molecule has 0 aromatic carbocycles. The van der Waals surface area contributed by atoms with E-state index < -0.39 is 5.91 Å². The van der Waals surface area contributed by atoms with Crippen LogP contribution in [0, 0.1) is 0 Å². The Morgan fingerprint density at radius 1 is 1.29 bits per heavy atom. The zero-order chi connectivity index (χ0) is 12.1. The smallest absolute Gasteiger partial charge is 0.252 e. The Balaban J connectivity index is 2.09. The van der Waals surface area contributed by atoms with Crippen molar-refractivity contribution in [3.05, 3.63) is 23.9 Å². The number of hydrogen-bond acceptors (Lipinski definition) is 3. The van der Waals surface area contributed by atoms with Crippen molar-refractivity contribution < 1.29 is 4.79 Å².